The number of hydrogen-bond donors (Lipinski definition) is 1. The van der Waals surface area contributed by atoms with Crippen LogP contribution in [0.25, 0.3) is 0 Å². The fourth-order valence-corrected chi connectivity index (χ4v) is 1.62. The van der Waals surface area contributed by atoms with Crippen LogP contribution < -0.4 is 15.2 Å². The van der Waals surface area contributed by atoms with Crippen LogP contribution in [0.4, 0.5) is 11.5 Å². The Morgan fingerprint density at radius 3 is 2.80 bits per heavy atom. The number of anilines is 1. The highest BCUT2D eigenvalue weighted by Gasteiger charge is 2.13. The molecule has 2 N–H and O–H groups in total. The first-order valence-corrected chi connectivity index (χ1v) is 5.76. The molecule has 0 aliphatic rings. The number of nitrogens with zero attached hydrogens (tertiary/aromatic N) is 2. The largest absolute Gasteiger partial charge is 0.493 e. The van der Waals surface area contributed by atoms with E-state index >= 15 is 0 Å². The molecule has 0 aliphatic heterocycles. The van der Waals surface area contributed by atoms with E-state index in [-0.39, 0.29) is 18.0 Å². The molecule has 20 heavy (non-hydrogen) atoms. The number of nitro benzene ring substituents is 1. The highest BCUT2D eigenvalue weighted by molar-refractivity contribution is 5.49. The summed E-state index contributed by atoms with van der Waals surface area (Å²) in [6.45, 7) is 0.150. The summed E-state index contributed by atoms with van der Waals surface area (Å²) in [6.07, 6.45) is 1.58. The van der Waals surface area contributed by atoms with Gasteiger partial charge in [0.1, 0.15) is 12.4 Å². The van der Waals surface area contributed by atoms with Crippen molar-refractivity contribution in [2.24, 2.45) is 0 Å². The van der Waals surface area contributed by atoms with Gasteiger partial charge in [0.2, 0.25) is 0 Å². The minimum Gasteiger partial charge on any atom is -0.493 e. The van der Waals surface area contributed by atoms with Crippen LogP contribution in [0, 0.1) is 10.1 Å². The second kappa shape index (κ2) is 5.87. The molecule has 0 atom stereocenters. The molecule has 0 saturated heterocycles. The van der Waals surface area contributed by atoms with Gasteiger partial charge in [-0.15, -0.1) is 0 Å². The molecule has 7 heteroatoms. The average Bonchev–Trinajstić information content (AvgIpc) is 2.46. The quantitative estimate of drug-likeness (QED) is 0.662. The van der Waals surface area contributed by atoms with Crippen LogP contribution in [0.1, 0.15) is 5.56 Å². The van der Waals surface area contributed by atoms with E-state index in [0.29, 0.717) is 17.1 Å². The van der Waals surface area contributed by atoms with Gasteiger partial charge in [0.05, 0.1) is 18.1 Å². The third-order valence-electron chi connectivity index (χ3n) is 2.67. The topological polar surface area (TPSA) is 101 Å². The number of ether oxygens (including phenoxy) is 2. The van der Waals surface area contributed by atoms with E-state index < -0.39 is 4.92 Å². The highest BCUT2D eigenvalue weighted by Crippen LogP contribution is 2.31. The monoisotopic (exact) mass is 275 g/mol. The number of nitro groups is 1. The van der Waals surface area contributed by atoms with E-state index in [9.17, 15) is 10.1 Å². The molecule has 1 aromatic heterocycles. The number of rotatable bonds is 5. The van der Waals surface area contributed by atoms with Crippen LogP contribution in [-0.2, 0) is 6.61 Å². The Bertz CT molecular complexity index is 631. The van der Waals surface area contributed by atoms with Crippen molar-refractivity contribution < 1.29 is 14.4 Å². The molecule has 0 aliphatic carbocycles. The number of non-ortho nitro benzene ring substituents is 1. The van der Waals surface area contributed by atoms with Crippen LogP contribution in [0.2, 0.25) is 0 Å². The molecule has 7 nitrogen and oxygen atoms in total. The SMILES string of the molecule is COc1ccc([N+](=O)[O-])cc1OCc1cccnc1N. The zero-order valence-corrected chi connectivity index (χ0v) is 10.8. The Morgan fingerprint density at radius 1 is 1.35 bits per heavy atom. The van der Waals surface area contributed by atoms with Gasteiger partial charge in [-0.1, -0.05) is 6.07 Å². The molecule has 2 rings (SSSR count). The Hall–Kier alpha value is -2.83. The Morgan fingerprint density at radius 2 is 2.15 bits per heavy atom. The molecule has 0 spiro atoms. The minimum absolute atomic E-state index is 0.0695. The molecule has 0 fully saturated rings. The second-order valence-corrected chi connectivity index (χ2v) is 3.93. The van der Waals surface area contributed by atoms with Gasteiger partial charge in [0.25, 0.3) is 5.69 Å². The summed E-state index contributed by atoms with van der Waals surface area (Å²) in [4.78, 5) is 14.2. The standard InChI is InChI=1S/C13H13N3O4/c1-19-11-5-4-10(16(17)18)7-12(11)20-8-9-3-2-6-15-13(9)14/h2-7H,8H2,1H3,(H2,14,15). The highest BCUT2D eigenvalue weighted by atomic mass is 16.6. The third-order valence-corrected chi connectivity index (χ3v) is 2.67. The van der Waals surface area contributed by atoms with Crippen LogP contribution in [0.15, 0.2) is 36.5 Å². The van der Waals surface area contributed by atoms with E-state index in [4.69, 9.17) is 15.2 Å². The van der Waals surface area contributed by atoms with Gasteiger partial charge in [-0.3, -0.25) is 10.1 Å². The van der Waals surface area contributed by atoms with E-state index in [1.54, 1.807) is 18.3 Å². The number of aromatic nitrogens is 1. The van der Waals surface area contributed by atoms with Crippen LogP contribution in [-0.4, -0.2) is 17.0 Å². The Kier molecular flexibility index (Phi) is 3.99. The number of nitrogens with two attached hydrogens (primary N) is 1. The zero-order valence-electron chi connectivity index (χ0n) is 10.8. The Balaban J connectivity index is 2.22. The molecule has 0 saturated carbocycles. The predicted octanol–water partition coefficient (Wildman–Crippen LogP) is 2.16. The lowest BCUT2D eigenvalue weighted by atomic mass is 10.2. The molecule has 0 unspecified atom stereocenters. The maximum absolute atomic E-state index is 10.8. The van der Waals surface area contributed by atoms with E-state index in [2.05, 4.69) is 4.98 Å². The molecule has 1 aromatic carbocycles. The van der Waals surface area contributed by atoms with Crippen LogP contribution >= 0.6 is 0 Å². The summed E-state index contributed by atoms with van der Waals surface area (Å²) in [7, 11) is 1.46. The van der Waals surface area contributed by atoms with Crippen molar-refractivity contribution in [2.45, 2.75) is 6.61 Å². The van der Waals surface area contributed by atoms with E-state index in [1.807, 2.05) is 0 Å². The summed E-state index contributed by atoms with van der Waals surface area (Å²) in [5.74, 6) is 1.06. The number of nitrogen functional groups attached to an aromatic ring is 1. The van der Waals surface area contributed by atoms with Crippen molar-refractivity contribution >= 4 is 11.5 Å². The van der Waals surface area contributed by atoms with Crippen LogP contribution in [0.5, 0.6) is 11.5 Å². The van der Waals surface area contributed by atoms with Crippen molar-refractivity contribution in [3.05, 3.63) is 52.2 Å². The predicted molar refractivity (Wildman–Crippen MR) is 72.6 cm³/mol. The maximum atomic E-state index is 10.8. The van der Waals surface area contributed by atoms with Gasteiger partial charge in [0.15, 0.2) is 11.5 Å². The second-order valence-electron chi connectivity index (χ2n) is 3.93. The first-order valence-electron chi connectivity index (χ1n) is 5.76. The molecule has 1 heterocycles. The summed E-state index contributed by atoms with van der Waals surface area (Å²) in [6, 6.07) is 7.65. The van der Waals surface area contributed by atoms with Gasteiger partial charge < -0.3 is 15.2 Å². The fraction of sp³-hybridized carbons (Fsp3) is 0.154. The zero-order chi connectivity index (χ0) is 14.5. The average molecular weight is 275 g/mol. The first kappa shape index (κ1) is 13.6. The maximum Gasteiger partial charge on any atom is 0.273 e. The lowest BCUT2D eigenvalue weighted by molar-refractivity contribution is -0.385. The molecule has 0 bridgehead atoms. The lowest BCUT2D eigenvalue weighted by Crippen LogP contribution is -2.03. The minimum atomic E-state index is -0.495. The third kappa shape index (κ3) is 2.94. The lowest BCUT2D eigenvalue weighted by Gasteiger charge is -2.11. The summed E-state index contributed by atoms with van der Waals surface area (Å²) >= 11 is 0. The van der Waals surface area contributed by atoms with Crippen LogP contribution in [0.3, 0.4) is 0 Å². The first-order chi connectivity index (χ1) is 9.61. The van der Waals surface area contributed by atoms with Crippen molar-refractivity contribution in [3.63, 3.8) is 0 Å². The molecule has 2 aromatic rings. The number of methoxy groups -OCH3 is 1. The molecule has 104 valence electrons. The van der Waals surface area contributed by atoms with Crippen molar-refractivity contribution in [3.8, 4) is 11.5 Å². The molecule has 0 amide bonds. The van der Waals surface area contributed by atoms with Crippen molar-refractivity contribution in [2.75, 3.05) is 12.8 Å². The van der Waals surface area contributed by atoms with Crippen molar-refractivity contribution in [1.29, 1.82) is 0 Å². The van der Waals surface area contributed by atoms with E-state index in [1.165, 1.54) is 25.3 Å². The van der Waals surface area contributed by atoms with Gasteiger partial charge in [-0.2, -0.15) is 0 Å². The Labute approximate surface area is 115 Å². The van der Waals surface area contributed by atoms with Gasteiger partial charge in [-0.05, 0) is 12.1 Å². The van der Waals surface area contributed by atoms with Gasteiger partial charge in [0, 0.05) is 17.8 Å². The number of pyridine rings is 1. The number of hydrogen-bond acceptors (Lipinski definition) is 6. The smallest absolute Gasteiger partial charge is 0.273 e. The van der Waals surface area contributed by atoms with E-state index in [0.717, 1.165) is 0 Å². The molecular formula is C13H13N3O4. The van der Waals surface area contributed by atoms with Crippen molar-refractivity contribution in [1.82, 2.24) is 4.98 Å². The summed E-state index contributed by atoms with van der Waals surface area (Å²) in [5.41, 5.74) is 6.33. The number of benzene rings is 1. The summed E-state index contributed by atoms with van der Waals surface area (Å²) < 4.78 is 10.6. The normalized spacial score (nSPS) is 10.1. The molecule has 0 radical (unpaired) electrons. The van der Waals surface area contributed by atoms with Gasteiger partial charge >= 0.3 is 0 Å². The fourth-order valence-electron chi connectivity index (χ4n) is 1.62. The molecular weight excluding hydrogens is 262 g/mol. The van der Waals surface area contributed by atoms with Gasteiger partial charge in [-0.25, -0.2) is 4.98 Å². The summed E-state index contributed by atoms with van der Waals surface area (Å²) in [5, 5.41) is 10.8.